The molecular formula is C26H53N2NaO2. The van der Waals surface area contributed by atoms with Gasteiger partial charge >= 0.3 is 29.6 Å². The van der Waals surface area contributed by atoms with Gasteiger partial charge in [0.1, 0.15) is 0 Å². The zero-order valence-corrected chi connectivity index (χ0v) is 20.4. The maximum absolute atomic E-state index is 12.5. The van der Waals surface area contributed by atoms with E-state index in [-0.39, 0.29) is 41.4 Å². The third-order valence-electron chi connectivity index (χ3n) is 5.94. The maximum atomic E-state index is 12.5. The van der Waals surface area contributed by atoms with Crippen molar-refractivity contribution in [1.29, 1.82) is 0 Å². The van der Waals surface area contributed by atoms with E-state index in [4.69, 9.17) is 5.73 Å². The average Bonchev–Trinajstić information content (AvgIpc) is 2.74. The number of hydrogen-bond acceptors (Lipinski definition) is 3. The van der Waals surface area contributed by atoms with E-state index in [1.807, 2.05) is 0 Å². The van der Waals surface area contributed by atoms with Crippen LogP contribution >= 0.6 is 0 Å². The van der Waals surface area contributed by atoms with Gasteiger partial charge < -0.3 is 5.73 Å². The first-order valence-electron chi connectivity index (χ1n) is 13.2. The van der Waals surface area contributed by atoms with Gasteiger partial charge in [-0.05, 0) is 12.8 Å². The van der Waals surface area contributed by atoms with Crippen molar-refractivity contribution in [2.45, 2.75) is 142 Å². The fourth-order valence-electron chi connectivity index (χ4n) is 3.96. The van der Waals surface area contributed by atoms with Gasteiger partial charge in [0.05, 0.1) is 0 Å². The predicted octanol–water partition coefficient (Wildman–Crippen LogP) is 6.49. The Morgan fingerprint density at radius 3 is 1.13 bits per heavy atom. The van der Waals surface area contributed by atoms with Crippen LogP contribution in [0.15, 0.2) is 0 Å². The third-order valence-corrected chi connectivity index (χ3v) is 5.94. The molecule has 0 heterocycles. The fourth-order valence-corrected chi connectivity index (χ4v) is 3.96. The van der Waals surface area contributed by atoms with Gasteiger partial charge in [-0.3, -0.25) is 14.5 Å². The van der Waals surface area contributed by atoms with Crippen LogP contribution < -0.4 is 5.73 Å². The van der Waals surface area contributed by atoms with Crippen LogP contribution in [-0.2, 0) is 9.59 Å². The second-order valence-electron chi connectivity index (χ2n) is 8.88. The Kier molecular flexibility index (Phi) is 28.3. The molecule has 0 radical (unpaired) electrons. The topological polar surface area (TPSA) is 63.4 Å². The summed E-state index contributed by atoms with van der Waals surface area (Å²) in [5.41, 5.74) is 5.65. The molecule has 5 heteroatoms. The molecule has 0 aliphatic carbocycles. The van der Waals surface area contributed by atoms with Gasteiger partial charge in [0.15, 0.2) is 0 Å². The van der Waals surface area contributed by atoms with Gasteiger partial charge in [-0.25, -0.2) is 0 Å². The number of nitrogens with two attached hydrogens (primary N) is 1. The standard InChI is InChI=1S/C26H52N2O2.Na.H/c1-3-5-7-9-11-13-15-17-19-21-25(29)28(24-23-27)26(30)22-20-18-16-14-12-10-8-6-4-2;;/h3-24,27H2,1-2H3;;. The number of hydrogen-bond donors (Lipinski definition) is 1. The summed E-state index contributed by atoms with van der Waals surface area (Å²) in [5, 5.41) is 0. The summed E-state index contributed by atoms with van der Waals surface area (Å²) >= 11 is 0. The molecule has 0 aromatic carbocycles. The number of carbonyl (C=O) groups excluding carboxylic acids is 2. The molecular weight excluding hydrogens is 395 g/mol. The fraction of sp³-hybridized carbons (Fsp3) is 0.923. The SMILES string of the molecule is CCCCCCCCCCCC(=O)N(CCN)C(=O)CCCCCCCCCCC.[NaH]. The van der Waals surface area contributed by atoms with Crippen LogP contribution in [-0.4, -0.2) is 59.4 Å². The van der Waals surface area contributed by atoms with E-state index >= 15 is 0 Å². The van der Waals surface area contributed by atoms with Gasteiger partial charge in [0.25, 0.3) is 0 Å². The summed E-state index contributed by atoms with van der Waals surface area (Å²) < 4.78 is 0. The van der Waals surface area contributed by atoms with Crippen molar-refractivity contribution < 1.29 is 9.59 Å². The van der Waals surface area contributed by atoms with Crippen LogP contribution in [0, 0.1) is 0 Å². The minimum absolute atomic E-state index is 0. The summed E-state index contributed by atoms with van der Waals surface area (Å²) in [6.45, 7) is 5.21. The average molecular weight is 449 g/mol. The zero-order chi connectivity index (χ0) is 22.3. The Morgan fingerprint density at radius 2 is 0.839 bits per heavy atom. The van der Waals surface area contributed by atoms with Gasteiger partial charge in [-0.15, -0.1) is 0 Å². The predicted molar refractivity (Wildman–Crippen MR) is 137 cm³/mol. The molecule has 180 valence electrons. The Balaban J connectivity index is 0. The molecule has 0 bridgehead atoms. The molecule has 0 aliphatic heterocycles. The normalized spacial score (nSPS) is 10.7. The van der Waals surface area contributed by atoms with Gasteiger partial charge in [0, 0.05) is 25.9 Å². The molecule has 0 saturated heterocycles. The molecule has 0 fully saturated rings. The summed E-state index contributed by atoms with van der Waals surface area (Å²) in [5.74, 6) is -0.0476. The van der Waals surface area contributed by atoms with Crippen LogP contribution in [0.25, 0.3) is 0 Å². The minimum atomic E-state index is -0.0238. The summed E-state index contributed by atoms with van der Waals surface area (Å²) in [6, 6.07) is 0. The first-order chi connectivity index (χ1) is 14.7. The van der Waals surface area contributed by atoms with Crippen LogP contribution in [0.4, 0.5) is 0 Å². The molecule has 0 spiro atoms. The first kappa shape index (κ1) is 33.3. The summed E-state index contributed by atoms with van der Waals surface area (Å²) in [6.07, 6.45) is 23.1. The van der Waals surface area contributed by atoms with Crippen molar-refractivity contribution >= 4 is 41.4 Å². The molecule has 0 aromatic heterocycles. The Hall–Kier alpha value is 0.1000. The molecule has 4 nitrogen and oxygen atoms in total. The second-order valence-corrected chi connectivity index (χ2v) is 8.88. The molecule has 0 aromatic rings. The van der Waals surface area contributed by atoms with E-state index in [9.17, 15) is 9.59 Å². The van der Waals surface area contributed by atoms with E-state index < -0.39 is 0 Å². The number of imide groups is 1. The number of carbonyl (C=O) groups is 2. The van der Waals surface area contributed by atoms with E-state index in [2.05, 4.69) is 13.8 Å². The molecule has 31 heavy (non-hydrogen) atoms. The summed E-state index contributed by atoms with van der Waals surface area (Å²) in [7, 11) is 0. The van der Waals surface area contributed by atoms with Crippen molar-refractivity contribution in [3.8, 4) is 0 Å². The van der Waals surface area contributed by atoms with Crippen molar-refractivity contribution in [2.24, 2.45) is 5.73 Å². The molecule has 0 aliphatic rings. The van der Waals surface area contributed by atoms with Crippen molar-refractivity contribution in [1.82, 2.24) is 4.90 Å². The zero-order valence-electron chi connectivity index (χ0n) is 20.4. The van der Waals surface area contributed by atoms with Crippen LogP contribution in [0.2, 0.25) is 0 Å². The van der Waals surface area contributed by atoms with Crippen LogP contribution in [0.1, 0.15) is 142 Å². The summed E-state index contributed by atoms with van der Waals surface area (Å²) in [4.78, 5) is 26.4. The molecule has 0 atom stereocenters. The monoisotopic (exact) mass is 448 g/mol. The van der Waals surface area contributed by atoms with Crippen LogP contribution in [0.5, 0.6) is 0 Å². The van der Waals surface area contributed by atoms with Crippen molar-refractivity contribution in [3.63, 3.8) is 0 Å². The Morgan fingerprint density at radius 1 is 0.548 bits per heavy atom. The number of amides is 2. The Labute approximate surface area is 216 Å². The first-order valence-corrected chi connectivity index (χ1v) is 13.2. The van der Waals surface area contributed by atoms with Gasteiger partial charge in [-0.2, -0.15) is 0 Å². The van der Waals surface area contributed by atoms with Crippen LogP contribution in [0.3, 0.4) is 0 Å². The second kappa shape index (κ2) is 26.4. The van der Waals surface area contributed by atoms with Gasteiger partial charge in [0.2, 0.25) is 11.8 Å². The number of rotatable bonds is 22. The molecule has 0 rings (SSSR count). The van der Waals surface area contributed by atoms with E-state index in [1.165, 1.54) is 94.8 Å². The van der Waals surface area contributed by atoms with Crippen molar-refractivity contribution in [3.05, 3.63) is 0 Å². The Bertz CT molecular complexity index is 371. The van der Waals surface area contributed by atoms with Gasteiger partial charge in [-0.1, -0.05) is 117 Å². The third kappa shape index (κ3) is 21.7. The van der Waals surface area contributed by atoms with E-state index in [0.29, 0.717) is 25.9 Å². The molecule has 0 saturated carbocycles. The quantitative estimate of drug-likeness (QED) is 0.152. The molecule has 0 unspecified atom stereocenters. The molecule has 2 amide bonds. The molecule has 2 N–H and O–H groups in total. The number of nitrogens with zero attached hydrogens (tertiary/aromatic N) is 1. The van der Waals surface area contributed by atoms with E-state index in [0.717, 1.165) is 25.7 Å². The number of unbranched alkanes of at least 4 members (excludes halogenated alkanes) is 16. The van der Waals surface area contributed by atoms with Crippen molar-refractivity contribution in [2.75, 3.05) is 13.1 Å². The van der Waals surface area contributed by atoms with E-state index in [1.54, 1.807) is 0 Å².